The summed E-state index contributed by atoms with van der Waals surface area (Å²) in [5.41, 5.74) is 1.25. The average Bonchev–Trinajstić information content (AvgIpc) is 2.55. The van der Waals surface area contributed by atoms with Crippen LogP contribution in [0.15, 0.2) is 22.6 Å². The van der Waals surface area contributed by atoms with Gasteiger partial charge in [-0.1, -0.05) is 6.58 Å². The number of fused-ring (bicyclic) bond motifs is 1. The van der Waals surface area contributed by atoms with Crippen LogP contribution in [0.1, 0.15) is 22.5 Å². The third-order valence-electron chi connectivity index (χ3n) is 2.21. The Morgan fingerprint density at radius 3 is 3.00 bits per heavy atom. The molecule has 0 fully saturated rings. The lowest BCUT2D eigenvalue weighted by molar-refractivity contribution is 0.102. The second-order valence-electron chi connectivity index (χ2n) is 3.04. The van der Waals surface area contributed by atoms with E-state index in [9.17, 15) is 4.79 Å². The highest BCUT2D eigenvalue weighted by molar-refractivity contribution is 6.10. The van der Waals surface area contributed by atoms with E-state index in [1.807, 2.05) is 0 Å². The molecule has 1 heterocycles. The minimum Gasteiger partial charge on any atom is -0.468 e. The Kier molecular flexibility index (Phi) is 1.72. The summed E-state index contributed by atoms with van der Waals surface area (Å²) < 4.78 is 10.2. The highest BCUT2D eigenvalue weighted by atomic mass is 16.6. The molecule has 13 heavy (non-hydrogen) atoms. The molecule has 1 aromatic rings. The Morgan fingerprint density at radius 2 is 2.31 bits per heavy atom. The van der Waals surface area contributed by atoms with Gasteiger partial charge in [0.15, 0.2) is 5.78 Å². The SMILES string of the molecule is C=C1CCc2oc(OC)cc2C1=O. The molecule has 0 saturated carbocycles. The van der Waals surface area contributed by atoms with Gasteiger partial charge in [0.05, 0.1) is 12.7 Å². The van der Waals surface area contributed by atoms with Gasteiger partial charge in [0.1, 0.15) is 5.76 Å². The number of Topliss-reactive ketones (excluding diaryl/α,β-unsaturated/α-hetero) is 1. The molecule has 0 amide bonds. The number of furan rings is 1. The molecule has 3 heteroatoms. The standard InChI is InChI=1S/C10H10O3/c1-6-3-4-8-7(10(6)11)5-9(12-2)13-8/h5H,1,3-4H2,2H3. The number of carbonyl (C=O) groups is 1. The van der Waals surface area contributed by atoms with Crippen molar-refractivity contribution in [1.29, 1.82) is 0 Å². The maximum Gasteiger partial charge on any atom is 0.284 e. The Morgan fingerprint density at radius 1 is 1.54 bits per heavy atom. The number of carbonyl (C=O) groups excluding carboxylic acids is 1. The number of ether oxygens (including phenoxy) is 1. The van der Waals surface area contributed by atoms with E-state index in [4.69, 9.17) is 9.15 Å². The van der Waals surface area contributed by atoms with Crippen molar-refractivity contribution >= 4 is 5.78 Å². The Hall–Kier alpha value is -1.51. The summed E-state index contributed by atoms with van der Waals surface area (Å²) in [6.07, 6.45) is 1.42. The average molecular weight is 178 g/mol. The van der Waals surface area contributed by atoms with E-state index in [0.29, 0.717) is 29.3 Å². The first-order valence-corrected chi connectivity index (χ1v) is 4.11. The third kappa shape index (κ3) is 1.16. The van der Waals surface area contributed by atoms with Gasteiger partial charge in [-0.25, -0.2) is 0 Å². The van der Waals surface area contributed by atoms with Gasteiger partial charge in [0.25, 0.3) is 5.95 Å². The van der Waals surface area contributed by atoms with E-state index < -0.39 is 0 Å². The minimum absolute atomic E-state index is 0.0201. The third-order valence-corrected chi connectivity index (χ3v) is 2.21. The number of hydrogen-bond donors (Lipinski definition) is 0. The fourth-order valence-electron chi connectivity index (χ4n) is 1.45. The predicted molar refractivity (Wildman–Crippen MR) is 47.1 cm³/mol. The fraction of sp³-hybridized carbons (Fsp3) is 0.300. The molecule has 1 aliphatic rings. The smallest absolute Gasteiger partial charge is 0.284 e. The number of allylic oxidation sites excluding steroid dienone is 1. The van der Waals surface area contributed by atoms with Crippen LogP contribution in [0.25, 0.3) is 0 Å². The number of rotatable bonds is 1. The molecule has 0 bridgehead atoms. The van der Waals surface area contributed by atoms with Gasteiger partial charge in [-0.2, -0.15) is 0 Å². The number of aryl methyl sites for hydroxylation is 1. The maximum absolute atomic E-state index is 11.5. The molecule has 68 valence electrons. The highest BCUT2D eigenvalue weighted by Crippen LogP contribution is 2.30. The number of hydrogen-bond acceptors (Lipinski definition) is 3. The molecule has 0 unspecified atom stereocenters. The van der Waals surface area contributed by atoms with Crippen LogP contribution in [0.4, 0.5) is 0 Å². The van der Waals surface area contributed by atoms with E-state index in [1.165, 1.54) is 7.11 Å². The van der Waals surface area contributed by atoms with Gasteiger partial charge < -0.3 is 9.15 Å². The lowest BCUT2D eigenvalue weighted by Gasteiger charge is -2.09. The Bertz CT molecular complexity index is 374. The van der Waals surface area contributed by atoms with Crippen LogP contribution in [-0.2, 0) is 6.42 Å². The Balaban J connectivity index is 2.47. The fourth-order valence-corrected chi connectivity index (χ4v) is 1.45. The topological polar surface area (TPSA) is 39.4 Å². The molecule has 0 radical (unpaired) electrons. The second kappa shape index (κ2) is 2.76. The van der Waals surface area contributed by atoms with Crippen LogP contribution in [0.2, 0.25) is 0 Å². The second-order valence-corrected chi connectivity index (χ2v) is 3.04. The van der Waals surface area contributed by atoms with Gasteiger partial charge in [-0.3, -0.25) is 4.79 Å². The van der Waals surface area contributed by atoms with E-state index in [-0.39, 0.29) is 5.78 Å². The van der Waals surface area contributed by atoms with Crippen LogP contribution in [-0.4, -0.2) is 12.9 Å². The van der Waals surface area contributed by atoms with Gasteiger partial charge in [0, 0.05) is 12.5 Å². The summed E-state index contributed by atoms with van der Waals surface area (Å²) in [6.45, 7) is 3.70. The first-order valence-electron chi connectivity index (χ1n) is 4.11. The first kappa shape index (κ1) is 8.10. The highest BCUT2D eigenvalue weighted by Gasteiger charge is 2.24. The summed E-state index contributed by atoms with van der Waals surface area (Å²) in [6, 6.07) is 1.63. The van der Waals surface area contributed by atoms with Crippen LogP contribution >= 0.6 is 0 Å². The molecular formula is C10H10O3. The van der Waals surface area contributed by atoms with Gasteiger partial charge in [-0.05, 0) is 12.0 Å². The van der Waals surface area contributed by atoms with Crippen LogP contribution < -0.4 is 4.74 Å². The van der Waals surface area contributed by atoms with E-state index in [0.717, 1.165) is 6.42 Å². The van der Waals surface area contributed by atoms with Crippen LogP contribution in [0, 0.1) is 0 Å². The van der Waals surface area contributed by atoms with Crippen molar-refractivity contribution in [3.8, 4) is 5.95 Å². The number of methoxy groups -OCH3 is 1. The van der Waals surface area contributed by atoms with E-state index in [1.54, 1.807) is 6.07 Å². The minimum atomic E-state index is -0.0201. The molecule has 0 atom stereocenters. The maximum atomic E-state index is 11.5. The molecule has 1 aromatic heterocycles. The lowest BCUT2D eigenvalue weighted by atomic mass is 9.93. The molecule has 0 saturated heterocycles. The monoisotopic (exact) mass is 178 g/mol. The number of ketones is 1. The predicted octanol–water partition coefficient (Wildman–Crippen LogP) is 1.97. The summed E-state index contributed by atoms with van der Waals surface area (Å²) in [5.74, 6) is 1.09. The van der Waals surface area contributed by atoms with Crippen LogP contribution in [0.3, 0.4) is 0 Å². The molecule has 0 spiro atoms. The zero-order valence-corrected chi connectivity index (χ0v) is 7.42. The molecule has 0 aromatic carbocycles. The largest absolute Gasteiger partial charge is 0.468 e. The van der Waals surface area contributed by atoms with Crippen molar-refractivity contribution in [3.05, 3.63) is 29.5 Å². The van der Waals surface area contributed by atoms with Crippen molar-refractivity contribution in [2.45, 2.75) is 12.8 Å². The normalized spacial score (nSPS) is 15.8. The molecule has 0 N–H and O–H groups in total. The summed E-state index contributed by atoms with van der Waals surface area (Å²) >= 11 is 0. The lowest BCUT2D eigenvalue weighted by Crippen LogP contribution is -2.10. The van der Waals surface area contributed by atoms with Crippen molar-refractivity contribution < 1.29 is 13.9 Å². The van der Waals surface area contributed by atoms with E-state index in [2.05, 4.69) is 6.58 Å². The van der Waals surface area contributed by atoms with Crippen molar-refractivity contribution in [2.75, 3.05) is 7.11 Å². The summed E-state index contributed by atoms with van der Waals surface area (Å²) in [7, 11) is 1.52. The molecule has 3 nitrogen and oxygen atoms in total. The summed E-state index contributed by atoms with van der Waals surface area (Å²) in [5, 5.41) is 0. The zero-order chi connectivity index (χ0) is 9.42. The Labute approximate surface area is 76.0 Å². The van der Waals surface area contributed by atoms with E-state index >= 15 is 0 Å². The van der Waals surface area contributed by atoms with Crippen LogP contribution in [0.5, 0.6) is 5.95 Å². The first-order chi connectivity index (χ1) is 6.22. The van der Waals surface area contributed by atoms with Crippen molar-refractivity contribution in [2.24, 2.45) is 0 Å². The zero-order valence-electron chi connectivity index (χ0n) is 7.42. The molecule has 1 aliphatic carbocycles. The molecule has 2 rings (SSSR count). The van der Waals surface area contributed by atoms with Gasteiger partial charge >= 0.3 is 0 Å². The summed E-state index contributed by atoms with van der Waals surface area (Å²) in [4.78, 5) is 11.5. The molecular weight excluding hydrogens is 168 g/mol. The van der Waals surface area contributed by atoms with Crippen molar-refractivity contribution in [1.82, 2.24) is 0 Å². The van der Waals surface area contributed by atoms with Gasteiger partial charge in [0.2, 0.25) is 0 Å². The van der Waals surface area contributed by atoms with Crippen molar-refractivity contribution in [3.63, 3.8) is 0 Å². The quantitative estimate of drug-likeness (QED) is 0.617. The van der Waals surface area contributed by atoms with Gasteiger partial charge in [-0.15, -0.1) is 0 Å². The molecule has 0 aliphatic heterocycles.